The third-order valence-corrected chi connectivity index (χ3v) is 6.20. The summed E-state index contributed by atoms with van der Waals surface area (Å²) in [6.07, 6.45) is 4.97. The number of amides is 1. The van der Waals surface area contributed by atoms with Crippen molar-refractivity contribution < 1.29 is 9.53 Å². The van der Waals surface area contributed by atoms with Crippen LogP contribution in [0.2, 0.25) is 0 Å². The summed E-state index contributed by atoms with van der Waals surface area (Å²) in [7, 11) is 0. The summed E-state index contributed by atoms with van der Waals surface area (Å²) in [5.41, 5.74) is 3.29. The highest BCUT2D eigenvalue weighted by atomic mass is 16.5. The Kier molecular flexibility index (Phi) is 4.41. The van der Waals surface area contributed by atoms with E-state index in [1.807, 2.05) is 29.2 Å². The Balaban J connectivity index is 1.19. The molecule has 3 aliphatic rings. The lowest BCUT2D eigenvalue weighted by Gasteiger charge is -2.41. The Labute approximate surface area is 164 Å². The van der Waals surface area contributed by atoms with E-state index in [4.69, 9.17) is 4.74 Å². The zero-order valence-corrected chi connectivity index (χ0v) is 16.0. The fraction of sp³-hybridized carbons (Fsp3) is 0.500. The molecule has 6 nitrogen and oxygen atoms in total. The van der Waals surface area contributed by atoms with Crippen molar-refractivity contribution in [3.05, 3.63) is 57.5 Å². The van der Waals surface area contributed by atoms with Crippen LogP contribution in [-0.2, 0) is 30.6 Å². The van der Waals surface area contributed by atoms with Gasteiger partial charge < -0.3 is 9.64 Å². The molecule has 2 aliphatic heterocycles. The van der Waals surface area contributed by atoms with E-state index < -0.39 is 0 Å². The second-order valence-electron chi connectivity index (χ2n) is 8.27. The number of hydrogen-bond donors (Lipinski definition) is 0. The van der Waals surface area contributed by atoms with Gasteiger partial charge in [-0.2, -0.15) is 5.10 Å². The van der Waals surface area contributed by atoms with Crippen molar-refractivity contribution in [3.8, 4) is 5.75 Å². The molecule has 1 unspecified atom stereocenters. The molecular formula is C22H25N3O3. The lowest BCUT2D eigenvalue weighted by molar-refractivity contribution is -0.143. The molecule has 1 atom stereocenters. The number of fused-ring (bicyclic) bond motifs is 2. The van der Waals surface area contributed by atoms with Crippen molar-refractivity contribution in [2.45, 2.75) is 38.6 Å². The molecule has 2 aromatic rings. The van der Waals surface area contributed by atoms with E-state index in [0.717, 1.165) is 54.7 Å². The minimum absolute atomic E-state index is 0.0114. The Morgan fingerprint density at radius 1 is 1.14 bits per heavy atom. The van der Waals surface area contributed by atoms with E-state index in [2.05, 4.69) is 5.10 Å². The number of para-hydroxylation sites is 1. The molecule has 1 saturated heterocycles. The Bertz CT molecular complexity index is 962. The lowest BCUT2D eigenvalue weighted by Crippen LogP contribution is -2.55. The highest BCUT2D eigenvalue weighted by Gasteiger charge is 2.36. The van der Waals surface area contributed by atoms with Gasteiger partial charge in [0.25, 0.3) is 5.56 Å². The number of nitrogens with zero attached hydrogens (tertiary/aromatic N) is 3. The van der Waals surface area contributed by atoms with Crippen LogP contribution in [-0.4, -0.2) is 40.3 Å². The van der Waals surface area contributed by atoms with Gasteiger partial charge in [-0.3, -0.25) is 9.59 Å². The molecule has 6 heteroatoms. The summed E-state index contributed by atoms with van der Waals surface area (Å²) in [6.45, 7) is 2.44. The van der Waals surface area contributed by atoms with Crippen LogP contribution >= 0.6 is 0 Å². The smallest absolute Gasteiger partial charge is 0.267 e. The second-order valence-corrected chi connectivity index (χ2v) is 8.27. The molecular weight excluding hydrogens is 354 g/mol. The van der Waals surface area contributed by atoms with Gasteiger partial charge in [0.05, 0.1) is 18.2 Å². The first kappa shape index (κ1) is 17.5. The monoisotopic (exact) mass is 379 g/mol. The zero-order valence-electron chi connectivity index (χ0n) is 16.0. The number of benzene rings is 1. The number of aromatic nitrogens is 2. The summed E-state index contributed by atoms with van der Waals surface area (Å²) in [4.78, 5) is 27.1. The third kappa shape index (κ3) is 3.21. The van der Waals surface area contributed by atoms with Crippen molar-refractivity contribution in [2.75, 3.05) is 19.7 Å². The maximum Gasteiger partial charge on any atom is 0.267 e. The maximum absolute atomic E-state index is 12.8. The Morgan fingerprint density at radius 2 is 1.96 bits per heavy atom. The lowest BCUT2D eigenvalue weighted by atomic mass is 9.92. The molecule has 0 N–H and O–H groups in total. The van der Waals surface area contributed by atoms with Crippen LogP contribution < -0.4 is 10.3 Å². The first-order valence-corrected chi connectivity index (χ1v) is 10.3. The summed E-state index contributed by atoms with van der Waals surface area (Å²) < 4.78 is 7.37. The second kappa shape index (κ2) is 7.08. The van der Waals surface area contributed by atoms with Crippen molar-refractivity contribution in [3.63, 3.8) is 0 Å². The first-order chi connectivity index (χ1) is 13.7. The number of rotatable bonds is 3. The van der Waals surface area contributed by atoms with Crippen LogP contribution in [0.3, 0.4) is 0 Å². The highest BCUT2D eigenvalue weighted by Crippen LogP contribution is 2.29. The Morgan fingerprint density at radius 3 is 2.86 bits per heavy atom. The summed E-state index contributed by atoms with van der Waals surface area (Å²) in [6, 6.07) is 9.69. The Hall–Kier alpha value is -2.63. The summed E-state index contributed by atoms with van der Waals surface area (Å²) in [5.74, 6) is 1.25. The molecule has 28 heavy (non-hydrogen) atoms. The first-order valence-electron chi connectivity index (χ1n) is 10.3. The average Bonchev–Trinajstić information content (AvgIpc) is 2.69. The van der Waals surface area contributed by atoms with Crippen LogP contribution in [0.25, 0.3) is 0 Å². The molecule has 0 radical (unpaired) electrons. The minimum Gasteiger partial charge on any atom is -0.492 e. The van der Waals surface area contributed by atoms with Gasteiger partial charge in [-0.1, -0.05) is 18.2 Å². The van der Waals surface area contributed by atoms with E-state index in [1.165, 1.54) is 0 Å². The molecule has 1 aromatic carbocycles. The van der Waals surface area contributed by atoms with Crippen LogP contribution in [0.15, 0.2) is 35.1 Å². The number of hydrogen-bond acceptors (Lipinski definition) is 4. The predicted octanol–water partition coefficient (Wildman–Crippen LogP) is 1.83. The summed E-state index contributed by atoms with van der Waals surface area (Å²) in [5, 5.41) is 4.60. The molecule has 1 amide bonds. The molecule has 1 fully saturated rings. The molecule has 1 aromatic heterocycles. The molecule has 1 aliphatic carbocycles. The van der Waals surface area contributed by atoms with Gasteiger partial charge >= 0.3 is 0 Å². The van der Waals surface area contributed by atoms with Gasteiger partial charge in [0.15, 0.2) is 0 Å². The van der Waals surface area contributed by atoms with Gasteiger partial charge in [-0.05, 0) is 49.3 Å². The number of ether oxygens (including phenoxy) is 1. The quantitative estimate of drug-likeness (QED) is 0.816. The van der Waals surface area contributed by atoms with Crippen molar-refractivity contribution >= 4 is 5.91 Å². The van der Waals surface area contributed by atoms with Crippen LogP contribution in [0.5, 0.6) is 5.75 Å². The summed E-state index contributed by atoms with van der Waals surface area (Å²) >= 11 is 0. The molecule has 146 valence electrons. The van der Waals surface area contributed by atoms with Crippen molar-refractivity contribution in [2.24, 2.45) is 11.8 Å². The molecule has 0 spiro atoms. The molecule has 0 saturated carbocycles. The van der Waals surface area contributed by atoms with Crippen LogP contribution in [0, 0.1) is 11.8 Å². The van der Waals surface area contributed by atoms with E-state index in [9.17, 15) is 9.59 Å². The molecule has 5 rings (SSSR count). The van der Waals surface area contributed by atoms with Gasteiger partial charge in [0, 0.05) is 25.1 Å². The normalized spacial score (nSPS) is 21.3. The van der Waals surface area contributed by atoms with Crippen molar-refractivity contribution in [1.82, 2.24) is 14.7 Å². The molecule has 0 bridgehead atoms. The maximum atomic E-state index is 12.8. The fourth-order valence-corrected chi connectivity index (χ4v) is 4.59. The predicted molar refractivity (Wildman–Crippen MR) is 104 cm³/mol. The zero-order chi connectivity index (χ0) is 19.1. The van der Waals surface area contributed by atoms with Gasteiger partial charge in [0.2, 0.25) is 5.91 Å². The highest BCUT2D eigenvalue weighted by molar-refractivity contribution is 5.80. The number of aryl methyl sites for hydroxylation is 2. The van der Waals surface area contributed by atoms with Gasteiger partial charge in [-0.25, -0.2) is 4.68 Å². The van der Waals surface area contributed by atoms with Crippen LogP contribution in [0.4, 0.5) is 0 Å². The average molecular weight is 379 g/mol. The number of carbonyl (C=O) groups excluding carboxylic acids is 1. The largest absolute Gasteiger partial charge is 0.492 e. The molecule has 3 heterocycles. The number of likely N-dealkylation sites (tertiary alicyclic amines) is 1. The third-order valence-electron chi connectivity index (χ3n) is 6.20. The van der Waals surface area contributed by atoms with Gasteiger partial charge in [-0.15, -0.1) is 0 Å². The topological polar surface area (TPSA) is 64.4 Å². The standard InChI is InChI=1S/C22H25N3O3/c26-21-10-16-5-1-3-7-19(16)23-25(21)13-15-11-24(12-15)22(27)18-9-17-6-2-4-8-20(17)28-14-18/h2,4,6,8,10,15,18H,1,3,5,7,9,11-14H2. The number of carbonyl (C=O) groups is 1. The van der Waals surface area contributed by atoms with E-state index >= 15 is 0 Å². The van der Waals surface area contributed by atoms with Gasteiger partial charge in [0.1, 0.15) is 12.4 Å². The minimum atomic E-state index is -0.111. The fourth-order valence-electron chi connectivity index (χ4n) is 4.59. The van der Waals surface area contributed by atoms with Crippen LogP contribution in [0.1, 0.15) is 29.7 Å². The SMILES string of the molecule is O=C(C1COc2ccccc2C1)N1CC(Cn2nc3c(cc2=O)CCCC3)C1. The van der Waals surface area contributed by atoms with E-state index in [0.29, 0.717) is 32.2 Å². The van der Waals surface area contributed by atoms with Crippen molar-refractivity contribution in [1.29, 1.82) is 0 Å². The van der Waals surface area contributed by atoms with E-state index in [1.54, 1.807) is 10.7 Å². The van der Waals surface area contributed by atoms with E-state index in [-0.39, 0.29) is 17.4 Å².